The molecule has 2 heterocycles. The predicted octanol–water partition coefficient (Wildman–Crippen LogP) is 3.52. The van der Waals surface area contributed by atoms with Crippen LogP contribution < -0.4 is 20.3 Å². The predicted molar refractivity (Wildman–Crippen MR) is 129 cm³/mol. The molecule has 0 saturated carbocycles. The second-order valence-corrected chi connectivity index (χ2v) is 10.2. The molecule has 0 radical (unpaired) electrons. The number of nitrogens with one attached hydrogen (secondary N) is 2. The number of ether oxygens (including phenoxy) is 1. The molecule has 1 fully saturated rings. The standard InChI is InChI=1S/C24H32ClF3N4O4/c1-14(2)32(15-6-5-7-29-13-15)21(34)16-10-18-19(11-17(16)25)36-23(3,4)22(35)31(18)9-8-30-20(33)12-24(26,27)28/h10-11,14-15,29H,5-9,12-13H2,1-4H3,(H,30,33)/t15-/m1/s1. The van der Waals surface area contributed by atoms with Crippen molar-refractivity contribution in [3.05, 3.63) is 22.7 Å². The van der Waals surface area contributed by atoms with E-state index in [1.165, 1.54) is 17.0 Å². The number of hydrogen-bond donors (Lipinski definition) is 2. The number of hydrogen-bond acceptors (Lipinski definition) is 5. The number of halogens is 4. The lowest BCUT2D eigenvalue weighted by atomic mass is 10.00. The van der Waals surface area contributed by atoms with Crippen LogP contribution in [0.5, 0.6) is 5.75 Å². The Bertz CT molecular complexity index is 1010. The van der Waals surface area contributed by atoms with Crippen LogP contribution in [-0.2, 0) is 9.59 Å². The fourth-order valence-electron chi connectivity index (χ4n) is 4.56. The van der Waals surface area contributed by atoms with Gasteiger partial charge in [-0.25, -0.2) is 0 Å². The number of benzene rings is 1. The zero-order chi connectivity index (χ0) is 26.8. The van der Waals surface area contributed by atoms with Gasteiger partial charge in [-0.3, -0.25) is 14.4 Å². The van der Waals surface area contributed by atoms with Crippen molar-refractivity contribution in [1.29, 1.82) is 0 Å². The largest absolute Gasteiger partial charge is 0.476 e. The molecule has 0 unspecified atom stereocenters. The molecular weight excluding hydrogens is 501 g/mol. The van der Waals surface area contributed by atoms with Crippen molar-refractivity contribution in [1.82, 2.24) is 15.5 Å². The van der Waals surface area contributed by atoms with Crippen molar-refractivity contribution in [2.75, 3.05) is 31.1 Å². The van der Waals surface area contributed by atoms with Crippen LogP contribution in [0.4, 0.5) is 18.9 Å². The van der Waals surface area contributed by atoms with Crippen LogP contribution in [0, 0.1) is 0 Å². The first-order valence-corrected chi connectivity index (χ1v) is 12.3. The van der Waals surface area contributed by atoms with Crippen LogP contribution in [0.25, 0.3) is 0 Å². The molecule has 1 aromatic rings. The smallest absolute Gasteiger partial charge is 0.397 e. The first-order chi connectivity index (χ1) is 16.7. The van der Waals surface area contributed by atoms with Gasteiger partial charge in [-0.1, -0.05) is 11.6 Å². The Kier molecular flexibility index (Phi) is 8.44. The highest BCUT2D eigenvalue weighted by Crippen LogP contribution is 2.41. The van der Waals surface area contributed by atoms with Crippen LogP contribution >= 0.6 is 11.6 Å². The SMILES string of the molecule is CC(C)N(C(=O)c1cc2c(cc1Cl)OC(C)(C)C(=O)N2CCNC(=O)CC(F)(F)F)[C@@H]1CCCNC1. The average molecular weight is 533 g/mol. The summed E-state index contributed by atoms with van der Waals surface area (Å²) in [6.07, 6.45) is -4.46. The van der Waals surface area contributed by atoms with E-state index in [-0.39, 0.29) is 53.1 Å². The number of carbonyl (C=O) groups is 3. The Balaban J connectivity index is 1.90. The number of anilines is 1. The van der Waals surface area contributed by atoms with Crippen LogP contribution in [0.1, 0.15) is 57.3 Å². The van der Waals surface area contributed by atoms with E-state index in [0.29, 0.717) is 6.54 Å². The lowest BCUT2D eigenvalue weighted by Gasteiger charge is -2.40. The average Bonchev–Trinajstić information content (AvgIpc) is 2.75. The van der Waals surface area contributed by atoms with E-state index in [0.717, 1.165) is 19.4 Å². The number of amides is 3. The highest BCUT2D eigenvalue weighted by atomic mass is 35.5. The van der Waals surface area contributed by atoms with Crippen molar-refractivity contribution in [2.24, 2.45) is 0 Å². The Morgan fingerprint density at radius 3 is 2.61 bits per heavy atom. The van der Waals surface area contributed by atoms with Gasteiger partial charge >= 0.3 is 6.18 Å². The first kappa shape index (κ1) is 28.0. The summed E-state index contributed by atoms with van der Waals surface area (Å²) < 4.78 is 43.3. The van der Waals surface area contributed by atoms with Crippen LogP contribution in [0.2, 0.25) is 5.02 Å². The van der Waals surface area contributed by atoms with Crippen molar-refractivity contribution < 1.29 is 32.3 Å². The van der Waals surface area contributed by atoms with Crippen LogP contribution in [-0.4, -0.2) is 72.7 Å². The third-order valence-electron chi connectivity index (χ3n) is 6.17. The molecule has 2 aliphatic rings. The summed E-state index contributed by atoms with van der Waals surface area (Å²) in [4.78, 5) is 41.5. The quantitative estimate of drug-likeness (QED) is 0.561. The molecule has 36 heavy (non-hydrogen) atoms. The molecule has 3 amide bonds. The van der Waals surface area contributed by atoms with Gasteiger partial charge in [0, 0.05) is 37.8 Å². The molecule has 0 aliphatic carbocycles. The molecule has 1 saturated heterocycles. The zero-order valence-corrected chi connectivity index (χ0v) is 21.6. The third kappa shape index (κ3) is 6.42. The highest BCUT2D eigenvalue weighted by molar-refractivity contribution is 6.34. The Morgan fingerprint density at radius 1 is 1.33 bits per heavy atom. The minimum absolute atomic E-state index is 0.0184. The molecular formula is C24H32ClF3N4O4. The summed E-state index contributed by atoms with van der Waals surface area (Å²) in [5, 5.41) is 5.66. The minimum atomic E-state index is -4.63. The van der Waals surface area contributed by atoms with Gasteiger partial charge in [-0.2, -0.15) is 13.2 Å². The number of alkyl halides is 3. The monoisotopic (exact) mass is 532 g/mol. The van der Waals surface area contributed by atoms with Crippen molar-refractivity contribution >= 4 is 35.0 Å². The molecule has 0 bridgehead atoms. The Hall–Kier alpha value is -2.53. The van der Waals surface area contributed by atoms with Gasteiger partial charge in [0.1, 0.15) is 12.2 Å². The maximum absolute atomic E-state index is 13.6. The molecule has 1 atom stereocenters. The zero-order valence-electron chi connectivity index (χ0n) is 20.8. The van der Waals surface area contributed by atoms with E-state index >= 15 is 0 Å². The number of fused-ring (bicyclic) bond motifs is 1. The Morgan fingerprint density at radius 2 is 2.03 bits per heavy atom. The fourth-order valence-corrected chi connectivity index (χ4v) is 4.79. The second-order valence-electron chi connectivity index (χ2n) is 9.82. The van der Waals surface area contributed by atoms with Gasteiger partial charge in [0.15, 0.2) is 5.60 Å². The maximum atomic E-state index is 13.6. The second kappa shape index (κ2) is 10.8. The summed E-state index contributed by atoms with van der Waals surface area (Å²) in [7, 11) is 0. The van der Waals surface area contributed by atoms with Crippen LogP contribution in [0.3, 0.4) is 0 Å². The Labute approximate surface area is 213 Å². The van der Waals surface area contributed by atoms with E-state index in [9.17, 15) is 27.6 Å². The van der Waals surface area contributed by atoms with E-state index in [4.69, 9.17) is 16.3 Å². The lowest BCUT2D eigenvalue weighted by Crippen LogP contribution is -2.54. The molecule has 2 N–H and O–H groups in total. The van der Waals surface area contributed by atoms with Gasteiger partial charge in [0.2, 0.25) is 5.91 Å². The molecule has 1 aromatic carbocycles. The summed E-state index contributed by atoms with van der Waals surface area (Å²) in [5.74, 6) is -1.68. The van der Waals surface area contributed by atoms with E-state index in [2.05, 4.69) is 10.6 Å². The van der Waals surface area contributed by atoms with Gasteiger partial charge in [0.25, 0.3) is 11.8 Å². The van der Waals surface area contributed by atoms with Crippen molar-refractivity contribution in [3.8, 4) is 5.75 Å². The maximum Gasteiger partial charge on any atom is 0.397 e. The molecule has 0 spiro atoms. The molecule has 0 aromatic heterocycles. The van der Waals surface area contributed by atoms with Gasteiger partial charge in [-0.15, -0.1) is 0 Å². The minimum Gasteiger partial charge on any atom is -0.476 e. The third-order valence-corrected chi connectivity index (χ3v) is 6.48. The van der Waals surface area contributed by atoms with Crippen LogP contribution in [0.15, 0.2) is 12.1 Å². The van der Waals surface area contributed by atoms with E-state index < -0.39 is 30.0 Å². The molecule has 8 nitrogen and oxygen atoms in total. The van der Waals surface area contributed by atoms with Gasteiger partial charge < -0.3 is 25.2 Å². The highest BCUT2D eigenvalue weighted by Gasteiger charge is 2.42. The van der Waals surface area contributed by atoms with E-state index in [1.54, 1.807) is 18.7 Å². The summed E-state index contributed by atoms with van der Waals surface area (Å²) in [6.45, 7) is 8.17. The van der Waals surface area contributed by atoms with Gasteiger partial charge in [0.05, 0.1) is 16.3 Å². The number of carbonyl (C=O) groups excluding carboxylic acids is 3. The molecule has 2 aliphatic heterocycles. The molecule has 12 heteroatoms. The van der Waals surface area contributed by atoms with Crippen molar-refractivity contribution in [2.45, 2.75) is 70.8 Å². The van der Waals surface area contributed by atoms with Gasteiger partial charge in [-0.05, 0) is 53.1 Å². The number of nitrogens with zero attached hydrogens (tertiary/aromatic N) is 2. The lowest BCUT2D eigenvalue weighted by molar-refractivity contribution is -0.153. The molecule has 3 rings (SSSR count). The first-order valence-electron chi connectivity index (χ1n) is 11.9. The van der Waals surface area contributed by atoms with E-state index in [1.807, 2.05) is 13.8 Å². The summed E-state index contributed by atoms with van der Waals surface area (Å²) in [6, 6.07) is 2.84. The topological polar surface area (TPSA) is 91.0 Å². The number of piperidine rings is 1. The summed E-state index contributed by atoms with van der Waals surface area (Å²) in [5.41, 5.74) is -0.824. The van der Waals surface area contributed by atoms with Crippen molar-refractivity contribution in [3.63, 3.8) is 0 Å². The molecule has 200 valence electrons. The summed E-state index contributed by atoms with van der Waals surface area (Å²) >= 11 is 6.52. The fraction of sp³-hybridized carbons (Fsp3) is 0.625. The number of rotatable bonds is 7. The normalized spacial score (nSPS) is 19.5.